The summed E-state index contributed by atoms with van der Waals surface area (Å²) in [5.41, 5.74) is 2.48. The number of aryl methyl sites for hydroxylation is 1. The van der Waals surface area contributed by atoms with Crippen molar-refractivity contribution in [3.8, 4) is 5.75 Å². The number of benzene rings is 2. The molecule has 38 heavy (non-hydrogen) atoms. The van der Waals surface area contributed by atoms with Gasteiger partial charge in [0, 0.05) is 24.2 Å². The van der Waals surface area contributed by atoms with Gasteiger partial charge in [-0.1, -0.05) is 25.1 Å². The number of amidine groups is 1. The van der Waals surface area contributed by atoms with Crippen molar-refractivity contribution in [2.24, 2.45) is 10.9 Å². The van der Waals surface area contributed by atoms with Crippen LogP contribution in [0.4, 0.5) is 10.1 Å². The number of allylic oxidation sites excluding steroid dienone is 1. The summed E-state index contributed by atoms with van der Waals surface area (Å²) in [6.45, 7) is 12.2. The van der Waals surface area contributed by atoms with E-state index in [1.54, 1.807) is 19.2 Å². The molecule has 5 nitrogen and oxygen atoms in total. The Hall–Kier alpha value is -2.86. The third-order valence-corrected chi connectivity index (χ3v) is 6.94. The summed E-state index contributed by atoms with van der Waals surface area (Å²) in [6.07, 6.45) is 5.06. The van der Waals surface area contributed by atoms with E-state index in [2.05, 4.69) is 23.4 Å². The number of hydrogen-bond acceptors (Lipinski definition) is 4. The number of halogens is 2. The molecule has 0 saturated heterocycles. The molecule has 0 amide bonds. The zero-order chi connectivity index (χ0) is 27.9. The van der Waals surface area contributed by atoms with Gasteiger partial charge in [0.1, 0.15) is 23.0 Å². The number of hydrogen-bond donors (Lipinski definition) is 0. The van der Waals surface area contributed by atoms with E-state index < -0.39 is 5.60 Å². The van der Waals surface area contributed by atoms with E-state index in [1.807, 2.05) is 39.0 Å². The number of carbonyl (C=O) groups excluding carboxylic acids is 1. The Morgan fingerprint density at radius 2 is 1.76 bits per heavy atom. The van der Waals surface area contributed by atoms with Crippen LogP contribution in [0.1, 0.15) is 71.8 Å². The molecule has 0 aromatic heterocycles. The lowest BCUT2D eigenvalue weighted by atomic mass is 9.84. The van der Waals surface area contributed by atoms with Crippen molar-refractivity contribution in [1.29, 1.82) is 0 Å². The van der Waals surface area contributed by atoms with E-state index >= 15 is 0 Å². The maximum Gasteiger partial charge on any atom is 0.306 e. The fraction of sp³-hybridized carbons (Fsp3) is 0.484. The van der Waals surface area contributed by atoms with Gasteiger partial charge in [-0.3, -0.25) is 9.79 Å². The van der Waals surface area contributed by atoms with Gasteiger partial charge in [-0.05, 0) is 107 Å². The molecule has 7 heteroatoms. The van der Waals surface area contributed by atoms with E-state index in [0.717, 1.165) is 54.9 Å². The molecule has 2 aromatic carbocycles. The van der Waals surface area contributed by atoms with Gasteiger partial charge in [0.25, 0.3) is 0 Å². The molecule has 0 atom stereocenters. The summed E-state index contributed by atoms with van der Waals surface area (Å²) in [6, 6.07) is 12.0. The maximum atomic E-state index is 13.3. The van der Waals surface area contributed by atoms with Gasteiger partial charge in [-0.25, -0.2) is 4.39 Å². The SMILES string of the molecule is C=C(C1CCC(Oc2ccc(F)cc2)CC1)N(C(CCC(=O)OC(C)(C)C)=NC)c1ccc(Cl)cc1CC. The molecule has 0 bridgehead atoms. The van der Waals surface area contributed by atoms with Crippen LogP contribution in [0, 0.1) is 11.7 Å². The van der Waals surface area contributed by atoms with Crippen LogP contribution >= 0.6 is 11.6 Å². The summed E-state index contributed by atoms with van der Waals surface area (Å²) in [4.78, 5) is 19.2. The number of anilines is 1. The van der Waals surface area contributed by atoms with Crippen LogP contribution in [0.25, 0.3) is 0 Å². The van der Waals surface area contributed by atoms with Crippen molar-refractivity contribution < 1.29 is 18.7 Å². The lowest BCUT2D eigenvalue weighted by Gasteiger charge is -2.37. The van der Waals surface area contributed by atoms with Crippen molar-refractivity contribution in [3.05, 3.63) is 71.1 Å². The average Bonchev–Trinajstić information content (AvgIpc) is 2.87. The molecule has 1 saturated carbocycles. The number of nitrogens with zero attached hydrogens (tertiary/aromatic N) is 2. The largest absolute Gasteiger partial charge is 0.490 e. The first-order valence-corrected chi connectivity index (χ1v) is 13.8. The molecule has 0 heterocycles. The molecule has 0 aliphatic heterocycles. The number of rotatable bonds is 9. The standard InChI is InChI=1S/C31H40ClFN2O3/c1-7-22-20-24(32)10-17-28(22)35(29(34-6)18-19-30(36)38-31(3,4)5)21(2)23-8-13-26(14-9-23)37-27-15-11-25(33)12-16-27/h10-12,15-17,20,23,26H,2,7-9,13-14,18-19H2,1,3-6H3. The number of aliphatic imine (C=N–C) groups is 1. The minimum absolute atomic E-state index is 0.0752. The predicted molar refractivity (Wildman–Crippen MR) is 154 cm³/mol. The lowest BCUT2D eigenvalue weighted by molar-refractivity contribution is -0.154. The Morgan fingerprint density at radius 3 is 2.34 bits per heavy atom. The van der Waals surface area contributed by atoms with Crippen LogP contribution in [0.5, 0.6) is 5.75 Å². The van der Waals surface area contributed by atoms with Gasteiger partial charge in [0.05, 0.1) is 18.2 Å². The average molecular weight is 543 g/mol. The fourth-order valence-electron chi connectivity index (χ4n) is 4.85. The maximum absolute atomic E-state index is 13.3. The van der Waals surface area contributed by atoms with Crippen LogP contribution in [0.15, 0.2) is 59.7 Å². The van der Waals surface area contributed by atoms with E-state index in [0.29, 0.717) is 17.2 Å². The van der Waals surface area contributed by atoms with E-state index in [1.165, 1.54) is 12.1 Å². The Labute approximate surface area is 231 Å². The van der Waals surface area contributed by atoms with Crippen LogP contribution < -0.4 is 9.64 Å². The van der Waals surface area contributed by atoms with Crippen LogP contribution in [0.2, 0.25) is 5.02 Å². The highest BCUT2D eigenvalue weighted by Gasteiger charge is 2.30. The van der Waals surface area contributed by atoms with Crippen LogP contribution in [0.3, 0.4) is 0 Å². The number of ether oxygens (including phenoxy) is 2. The molecule has 0 N–H and O–H groups in total. The Kier molecular flexibility index (Phi) is 10.4. The molecule has 0 unspecified atom stereocenters. The second kappa shape index (κ2) is 13.3. The number of esters is 1. The zero-order valence-electron chi connectivity index (χ0n) is 23.2. The summed E-state index contributed by atoms with van der Waals surface area (Å²) in [5.74, 6) is 1.15. The van der Waals surface area contributed by atoms with Crippen molar-refractivity contribution in [2.75, 3.05) is 11.9 Å². The second-order valence-corrected chi connectivity index (χ2v) is 11.2. The molecule has 1 fully saturated rings. The Bertz CT molecular complexity index is 1130. The van der Waals surface area contributed by atoms with Gasteiger partial charge in [0.15, 0.2) is 0 Å². The van der Waals surface area contributed by atoms with Crippen molar-refractivity contribution in [1.82, 2.24) is 0 Å². The molecule has 3 rings (SSSR count). The highest BCUT2D eigenvalue weighted by atomic mass is 35.5. The fourth-order valence-corrected chi connectivity index (χ4v) is 5.04. The van der Waals surface area contributed by atoms with E-state index in [9.17, 15) is 9.18 Å². The first-order valence-electron chi connectivity index (χ1n) is 13.4. The van der Waals surface area contributed by atoms with Gasteiger partial charge < -0.3 is 14.4 Å². The van der Waals surface area contributed by atoms with Crippen molar-refractivity contribution in [2.45, 2.75) is 84.3 Å². The van der Waals surface area contributed by atoms with Crippen LogP contribution in [-0.4, -0.2) is 30.6 Å². The minimum Gasteiger partial charge on any atom is -0.490 e. The molecular weight excluding hydrogens is 503 g/mol. The van der Waals surface area contributed by atoms with Crippen LogP contribution in [-0.2, 0) is 16.0 Å². The normalized spacial score (nSPS) is 18.1. The summed E-state index contributed by atoms with van der Waals surface area (Å²) in [7, 11) is 1.75. The number of carbonyl (C=O) groups is 1. The summed E-state index contributed by atoms with van der Waals surface area (Å²) in [5, 5.41) is 0.679. The molecule has 206 valence electrons. The highest BCUT2D eigenvalue weighted by molar-refractivity contribution is 6.30. The summed E-state index contributed by atoms with van der Waals surface area (Å²) < 4.78 is 24.9. The van der Waals surface area contributed by atoms with Gasteiger partial charge >= 0.3 is 5.97 Å². The third kappa shape index (κ3) is 8.32. The summed E-state index contributed by atoms with van der Waals surface area (Å²) >= 11 is 6.33. The highest BCUT2D eigenvalue weighted by Crippen LogP contribution is 2.37. The smallest absolute Gasteiger partial charge is 0.306 e. The first kappa shape index (κ1) is 29.7. The quantitative estimate of drug-likeness (QED) is 0.182. The molecule has 2 aromatic rings. The third-order valence-electron chi connectivity index (χ3n) is 6.70. The minimum atomic E-state index is -0.538. The first-order chi connectivity index (χ1) is 18.0. The molecule has 0 radical (unpaired) electrons. The molecule has 1 aliphatic carbocycles. The van der Waals surface area contributed by atoms with Gasteiger partial charge in [-0.2, -0.15) is 0 Å². The van der Waals surface area contributed by atoms with E-state index in [-0.39, 0.29) is 30.2 Å². The van der Waals surface area contributed by atoms with Crippen molar-refractivity contribution >= 4 is 29.1 Å². The monoisotopic (exact) mass is 542 g/mol. The van der Waals surface area contributed by atoms with Gasteiger partial charge in [0.2, 0.25) is 0 Å². The lowest BCUT2D eigenvalue weighted by Crippen LogP contribution is -2.36. The van der Waals surface area contributed by atoms with Crippen molar-refractivity contribution in [3.63, 3.8) is 0 Å². The predicted octanol–water partition coefficient (Wildman–Crippen LogP) is 8.15. The zero-order valence-corrected chi connectivity index (χ0v) is 24.0. The second-order valence-electron chi connectivity index (χ2n) is 10.7. The molecule has 0 spiro atoms. The Balaban J connectivity index is 1.78. The Morgan fingerprint density at radius 1 is 1.11 bits per heavy atom. The topological polar surface area (TPSA) is 51.1 Å². The van der Waals surface area contributed by atoms with Gasteiger partial charge in [-0.15, -0.1) is 0 Å². The van der Waals surface area contributed by atoms with E-state index in [4.69, 9.17) is 21.1 Å². The molecular formula is C31H40ClFN2O3. The molecule has 1 aliphatic rings.